The average Bonchev–Trinajstić information content (AvgIpc) is 2.70. The number of nitrogens with zero attached hydrogens (tertiary/aromatic N) is 1. The lowest BCUT2D eigenvalue weighted by Gasteiger charge is -2.13. The Kier molecular flexibility index (Phi) is 5.42. The number of carbonyl (C=O) groups is 1. The molecule has 0 saturated carbocycles. The lowest BCUT2D eigenvalue weighted by molar-refractivity contribution is -0.121. The Bertz CT molecular complexity index is 646. The van der Waals surface area contributed by atoms with Crippen LogP contribution >= 0.6 is 28.1 Å². The molecule has 7 heteroatoms. The van der Waals surface area contributed by atoms with Crippen LogP contribution in [0.1, 0.15) is 19.4 Å². The molecule has 1 saturated heterocycles. The summed E-state index contributed by atoms with van der Waals surface area (Å²) >= 11 is 8.54. The van der Waals surface area contributed by atoms with E-state index in [9.17, 15) is 4.79 Å². The molecule has 1 aromatic rings. The molecule has 1 heterocycles. The van der Waals surface area contributed by atoms with Crippen molar-refractivity contribution in [1.82, 2.24) is 10.2 Å². The van der Waals surface area contributed by atoms with Crippen LogP contribution in [0, 0.1) is 0 Å². The number of rotatable bonds is 5. The summed E-state index contributed by atoms with van der Waals surface area (Å²) in [6, 6.07) is 3.71. The summed E-state index contributed by atoms with van der Waals surface area (Å²) in [4.78, 5) is 13.4. The van der Waals surface area contributed by atoms with Gasteiger partial charge in [-0.25, -0.2) is 0 Å². The Labute approximate surface area is 143 Å². The van der Waals surface area contributed by atoms with E-state index in [2.05, 4.69) is 21.2 Å². The predicted octanol–water partition coefficient (Wildman–Crippen LogP) is 2.93. The molecule has 0 atom stereocenters. The molecule has 0 radical (unpaired) electrons. The van der Waals surface area contributed by atoms with Crippen molar-refractivity contribution in [2.75, 3.05) is 20.3 Å². The van der Waals surface area contributed by atoms with Crippen molar-refractivity contribution >= 4 is 45.2 Å². The normalized spacial score (nSPS) is 16.2. The molecular formula is C15H17BrN2O3S. The summed E-state index contributed by atoms with van der Waals surface area (Å²) in [6.45, 7) is 4.88. The Morgan fingerprint density at radius 2 is 2.00 bits per heavy atom. The van der Waals surface area contributed by atoms with Crippen LogP contribution in [0.2, 0.25) is 0 Å². The van der Waals surface area contributed by atoms with Crippen molar-refractivity contribution in [1.29, 1.82) is 0 Å². The number of carbonyl (C=O) groups excluding carboxylic acids is 1. The largest absolute Gasteiger partial charge is 0.490 e. The molecule has 2 rings (SSSR count). The van der Waals surface area contributed by atoms with Gasteiger partial charge in [0.05, 0.1) is 17.7 Å². The number of likely N-dealkylation sites (N-methyl/N-ethyl adjacent to an activating group) is 1. The van der Waals surface area contributed by atoms with Crippen molar-refractivity contribution in [2.24, 2.45) is 0 Å². The molecule has 1 aliphatic heterocycles. The van der Waals surface area contributed by atoms with Gasteiger partial charge in [-0.2, -0.15) is 0 Å². The number of ether oxygens (including phenoxy) is 2. The van der Waals surface area contributed by atoms with Crippen LogP contribution in [-0.4, -0.2) is 36.2 Å². The molecule has 118 valence electrons. The van der Waals surface area contributed by atoms with Crippen LogP contribution in [0.3, 0.4) is 0 Å². The SMILES string of the molecule is CCOc1cc(/C=C2\NC(=S)N(C)C2=O)cc(Br)c1OCC. The number of nitrogens with one attached hydrogen (secondary N) is 1. The highest BCUT2D eigenvalue weighted by Crippen LogP contribution is 2.37. The maximum absolute atomic E-state index is 12.0. The van der Waals surface area contributed by atoms with Gasteiger partial charge in [0.25, 0.3) is 5.91 Å². The molecular weight excluding hydrogens is 368 g/mol. The highest BCUT2D eigenvalue weighted by Gasteiger charge is 2.27. The molecule has 1 aliphatic rings. The molecule has 1 amide bonds. The summed E-state index contributed by atoms with van der Waals surface area (Å²) in [5, 5.41) is 3.29. The van der Waals surface area contributed by atoms with Gasteiger partial charge in [0.2, 0.25) is 0 Å². The molecule has 0 aromatic heterocycles. The highest BCUT2D eigenvalue weighted by molar-refractivity contribution is 9.10. The van der Waals surface area contributed by atoms with Crippen LogP contribution in [0.4, 0.5) is 0 Å². The minimum absolute atomic E-state index is 0.159. The van der Waals surface area contributed by atoms with Crippen LogP contribution in [0.25, 0.3) is 6.08 Å². The van der Waals surface area contributed by atoms with E-state index in [0.29, 0.717) is 35.5 Å². The van der Waals surface area contributed by atoms with Crippen molar-refractivity contribution in [3.8, 4) is 11.5 Å². The molecule has 22 heavy (non-hydrogen) atoms. The molecule has 1 N–H and O–H groups in total. The minimum Gasteiger partial charge on any atom is -0.490 e. The average molecular weight is 385 g/mol. The summed E-state index contributed by atoms with van der Waals surface area (Å²) in [5.74, 6) is 1.13. The Morgan fingerprint density at radius 3 is 2.55 bits per heavy atom. The molecule has 1 aromatic carbocycles. The van der Waals surface area contributed by atoms with Crippen LogP contribution in [0.5, 0.6) is 11.5 Å². The zero-order valence-electron chi connectivity index (χ0n) is 12.6. The van der Waals surface area contributed by atoms with E-state index in [4.69, 9.17) is 21.7 Å². The van der Waals surface area contributed by atoms with E-state index >= 15 is 0 Å². The first-order valence-electron chi connectivity index (χ1n) is 6.87. The van der Waals surface area contributed by atoms with E-state index < -0.39 is 0 Å². The number of amides is 1. The maximum atomic E-state index is 12.0. The van der Waals surface area contributed by atoms with Gasteiger partial charge in [0, 0.05) is 7.05 Å². The van der Waals surface area contributed by atoms with Gasteiger partial charge in [0.15, 0.2) is 16.6 Å². The van der Waals surface area contributed by atoms with Crippen LogP contribution in [0.15, 0.2) is 22.3 Å². The molecule has 5 nitrogen and oxygen atoms in total. The van der Waals surface area contributed by atoms with Crippen LogP contribution in [-0.2, 0) is 4.79 Å². The molecule has 0 bridgehead atoms. The maximum Gasteiger partial charge on any atom is 0.276 e. The second-order valence-corrected chi connectivity index (χ2v) is 5.79. The van der Waals surface area contributed by atoms with Gasteiger partial charge < -0.3 is 14.8 Å². The second kappa shape index (κ2) is 7.11. The molecule has 0 unspecified atom stereocenters. The zero-order valence-corrected chi connectivity index (χ0v) is 15.0. The van der Waals surface area contributed by atoms with Crippen molar-refractivity contribution in [2.45, 2.75) is 13.8 Å². The standard InChI is InChI=1S/C15H17BrN2O3S/c1-4-20-12-8-9(6-10(16)13(12)21-5-2)7-11-14(19)18(3)15(22)17-11/h6-8H,4-5H2,1-3H3,(H,17,22)/b11-7-. The van der Waals surface area contributed by atoms with Crippen molar-refractivity contribution < 1.29 is 14.3 Å². The number of halogens is 1. The first-order chi connectivity index (χ1) is 10.5. The topological polar surface area (TPSA) is 50.8 Å². The molecule has 0 spiro atoms. The van der Waals surface area contributed by atoms with E-state index in [1.165, 1.54) is 4.90 Å². The molecule has 1 fully saturated rings. The predicted molar refractivity (Wildman–Crippen MR) is 93.0 cm³/mol. The van der Waals surface area contributed by atoms with Crippen molar-refractivity contribution in [3.05, 3.63) is 27.9 Å². The summed E-state index contributed by atoms with van der Waals surface area (Å²) < 4.78 is 12.0. The third-order valence-corrected chi connectivity index (χ3v) is 3.98. The zero-order chi connectivity index (χ0) is 16.3. The van der Waals surface area contributed by atoms with Gasteiger partial charge >= 0.3 is 0 Å². The van der Waals surface area contributed by atoms with Gasteiger partial charge in [-0.05, 0) is 65.8 Å². The third kappa shape index (κ3) is 3.41. The number of hydrogen-bond acceptors (Lipinski definition) is 4. The Morgan fingerprint density at radius 1 is 1.32 bits per heavy atom. The fourth-order valence-corrected chi connectivity index (χ4v) is 2.78. The Hall–Kier alpha value is -1.60. The molecule has 0 aliphatic carbocycles. The number of thiocarbonyl (C=S) groups is 1. The quantitative estimate of drug-likeness (QED) is 0.624. The monoisotopic (exact) mass is 384 g/mol. The van der Waals surface area contributed by atoms with E-state index in [1.54, 1.807) is 13.1 Å². The first kappa shape index (κ1) is 16.8. The van der Waals surface area contributed by atoms with E-state index in [1.807, 2.05) is 26.0 Å². The van der Waals surface area contributed by atoms with Gasteiger partial charge in [-0.15, -0.1) is 0 Å². The van der Waals surface area contributed by atoms with Crippen molar-refractivity contribution in [3.63, 3.8) is 0 Å². The highest BCUT2D eigenvalue weighted by atomic mass is 79.9. The number of hydrogen-bond donors (Lipinski definition) is 1. The van der Waals surface area contributed by atoms with Gasteiger partial charge in [0.1, 0.15) is 5.70 Å². The van der Waals surface area contributed by atoms with Gasteiger partial charge in [-0.1, -0.05) is 0 Å². The van der Waals surface area contributed by atoms with E-state index in [-0.39, 0.29) is 5.91 Å². The van der Waals surface area contributed by atoms with Gasteiger partial charge in [-0.3, -0.25) is 9.69 Å². The number of benzene rings is 1. The Balaban J connectivity index is 2.40. The van der Waals surface area contributed by atoms with E-state index in [0.717, 1.165) is 10.0 Å². The minimum atomic E-state index is -0.159. The lowest BCUT2D eigenvalue weighted by Crippen LogP contribution is -2.25. The second-order valence-electron chi connectivity index (χ2n) is 4.55. The summed E-state index contributed by atoms with van der Waals surface area (Å²) in [5.41, 5.74) is 1.25. The summed E-state index contributed by atoms with van der Waals surface area (Å²) in [6.07, 6.45) is 1.74. The summed E-state index contributed by atoms with van der Waals surface area (Å²) in [7, 11) is 1.64. The first-order valence-corrected chi connectivity index (χ1v) is 8.07. The van der Waals surface area contributed by atoms with Crippen LogP contribution < -0.4 is 14.8 Å². The lowest BCUT2D eigenvalue weighted by atomic mass is 10.1. The fraction of sp³-hybridized carbons (Fsp3) is 0.333. The fourth-order valence-electron chi connectivity index (χ4n) is 2.01. The third-order valence-electron chi connectivity index (χ3n) is 3.01. The smallest absolute Gasteiger partial charge is 0.276 e.